The molecule has 0 aliphatic carbocycles. The molecule has 1 saturated heterocycles. The molecule has 0 spiro atoms. The SMILES string of the molecule is Cc1cc(F)ccc1C(=O)CN1CCNCC1. The van der Waals surface area contributed by atoms with Gasteiger partial charge in [-0.25, -0.2) is 4.39 Å². The Morgan fingerprint density at radius 2 is 2.12 bits per heavy atom. The van der Waals surface area contributed by atoms with Gasteiger partial charge in [-0.15, -0.1) is 0 Å². The van der Waals surface area contributed by atoms with Gasteiger partial charge in [0.2, 0.25) is 0 Å². The zero-order chi connectivity index (χ0) is 12.3. The number of carbonyl (C=O) groups excluding carboxylic acids is 1. The molecule has 1 aromatic carbocycles. The summed E-state index contributed by atoms with van der Waals surface area (Å²) < 4.78 is 12.9. The Morgan fingerprint density at radius 3 is 2.76 bits per heavy atom. The fourth-order valence-electron chi connectivity index (χ4n) is 2.10. The molecule has 0 aromatic heterocycles. The molecular weight excluding hydrogens is 219 g/mol. The fraction of sp³-hybridized carbons (Fsp3) is 0.462. The number of hydrogen-bond acceptors (Lipinski definition) is 3. The van der Waals surface area contributed by atoms with Crippen LogP contribution in [0.2, 0.25) is 0 Å². The van der Waals surface area contributed by atoms with Crippen LogP contribution in [0.1, 0.15) is 15.9 Å². The zero-order valence-corrected chi connectivity index (χ0v) is 10.0. The number of carbonyl (C=O) groups is 1. The van der Waals surface area contributed by atoms with Crippen molar-refractivity contribution in [3.63, 3.8) is 0 Å². The number of nitrogens with one attached hydrogen (secondary N) is 1. The Morgan fingerprint density at radius 1 is 1.41 bits per heavy atom. The van der Waals surface area contributed by atoms with Gasteiger partial charge in [0, 0.05) is 31.7 Å². The summed E-state index contributed by atoms with van der Waals surface area (Å²) in [5.41, 5.74) is 1.34. The summed E-state index contributed by atoms with van der Waals surface area (Å²) in [6, 6.07) is 4.33. The minimum Gasteiger partial charge on any atom is -0.314 e. The topological polar surface area (TPSA) is 32.3 Å². The number of aryl methyl sites for hydroxylation is 1. The van der Waals surface area contributed by atoms with Gasteiger partial charge in [0.15, 0.2) is 5.78 Å². The van der Waals surface area contributed by atoms with E-state index in [1.807, 2.05) is 0 Å². The van der Waals surface area contributed by atoms with Crippen LogP contribution in [0, 0.1) is 12.7 Å². The van der Waals surface area contributed by atoms with Crippen LogP contribution in [0.4, 0.5) is 4.39 Å². The number of nitrogens with zero attached hydrogens (tertiary/aromatic N) is 1. The van der Waals surface area contributed by atoms with Gasteiger partial charge in [-0.1, -0.05) is 0 Å². The highest BCUT2D eigenvalue weighted by Gasteiger charge is 2.16. The van der Waals surface area contributed by atoms with Crippen LogP contribution in [-0.2, 0) is 0 Å². The maximum Gasteiger partial charge on any atom is 0.177 e. The van der Waals surface area contributed by atoms with E-state index in [4.69, 9.17) is 0 Å². The lowest BCUT2D eigenvalue weighted by Gasteiger charge is -2.26. The number of hydrogen-bond donors (Lipinski definition) is 1. The minimum absolute atomic E-state index is 0.0735. The van der Waals surface area contributed by atoms with Crippen molar-refractivity contribution in [1.82, 2.24) is 10.2 Å². The summed E-state index contributed by atoms with van der Waals surface area (Å²) in [6.45, 7) is 5.84. The Bertz CT molecular complexity index is 414. The van der Waals surface area contributed by atoms with Crippen LogP contribution in [-0.4, -0.2) is 43.4 Å². The maximum atomic E-state index is 12.9. The molecule has 1 heterocycles. The molecule has 92 valence electrons. The normalized spacial score (nSPS) is 17.1. The van der Waals surface area contributed by atoms with Gasteiger partial charge in [0.25, 0.3) is 0 Å². The highest BCUT2D eigenvalue weighted by atomic mass is 19.1. The quantitative estimate of drug-likeness (QED) is 0.801. The summed E-state index contributed by atoms with van der Waals surface area (Å²) in [5.74, 6) is -0.217. The van der Waals surface area contributed by atoms with E-state index in [1.54, 1.807) is 13.0 Å². The van der Waals surface area contributed by atoms with Gasteiger partial charge in [-0.05, 0) is 30.7 Å². The molecule has 4 heteroatoms. The van der Waals surface area contributed by atoms with Crippen LogP contribution in [0.5, 0.6) is 0 Å². The smallest absolute Gasteiger partial charge is 0.177 e. The molecule has 0 atom stereocenters. The van der Waals surface area contributed by atoms with Crippen molar-refractivity contribution in [2.45, 2.75) is 6.92 Å². The number of benzene rings is 1. The summed E-state index contributed by atoms with van der Waals surface area (Å²) in [4.78, 5) is 14.2. The molecule has 1 N–H and O–H groups in total. The summed E-state index contributed by atoms with van der Waals surface area (Å²) in [7, 11) is 0. The van der Waals surface area contributed by atoms with Gasteiger partial charge in [-0.3, -0.25) is 9.69 Å². The molecular formula is C13H17FN2O. The van der Waals surface area contributed by atoms with Crippen LogP contribution in [0.25, 0.3) is 0 Å². The number of piperazine rings is 1. The second kappa shape index (κ2) is 5.38. The lowest BCUT2D eigenvalue weighted by molar-refractivity contribution is 0.0921. The molecule has 1 aliphatic rings. The van der Waals surface area contributed by atoms with Gasteiger partial charge in [0.1, 0.15) is 5.82 Å². The Balaban J connectivity index is 2.03. The van der Waals surface area contributed by atoms with E-state index in [1.165, 1.54) is 12.1 Å². The predicted molar refractivity (Wildman–Crippen MR) is 64.8 cm³/mol. The van der Waals surface area contributed by atoms with Crippen molar-refractivity contribution < 1.29 is 9.18 Å². The third-order valence-corrected chi connectivity index (χ3v) is 3.07. The third kappa shape index (κ3) is 3.11. The molecule has 0 saturated carbocycles. The Hall–Kier alpha value is -1.26. The zero-order valence-electron chi connectivity index (χ0n) is 10.0. The molecule has 1 aromatic rings. The fourth-order valence-corrected chi connectivity index (χ4v) is 2.10. The molecule has 1 fully saturated rings. The number of rotatable bonds is 3. The molecule has 2 rings (SSSR count). The monoisotopic (exact) mass is 236 g/mol. The Kier molecular flexibility index (Phi) is 3.86. The molecule has 1 aliphatic heterocycles. The van der Waals surface area contributed by atoms with Gasteiger partial charge in [-0.2, -0.15) is 0 Å². The lowest BCUT2D eigenvalue weighted by Crippen LogP contribution is -2.45. The number of ketones is 1. The van der Waals surface area contributed by atoms with Gasteiger partial charge < -0.3 is 5.32 Å². The van der Waals surface area contributed by atoms with E-state index in [-0.39, 0.29) is 11.6 Å². The van der Waals surface area contributed by atoms with E-state index in [0.717, 1.165) is 26.2 Å². The van der Waals surface area contributed by atoms with Crippen LogP contribution >= 0.6 is 0 Å². The van der Waals surface area contributed by atoms with E-state index < -0.39 is 0 Å². The summed E-state index contributed by atoms with van der Waals surface area (Å²) in [5, 5.41) is 3.24. The van der Waals surface area contributed by atoms with Crippen molar-refractivity contribution >= 4 is 5.78 Å². The first-order valence-electron chi connectivity index (χ1n) is 5.89. The summed E-state index contributed by atoms with van der Waals surface area (Å²) >= 11 is 0. The third-order valence-electron chi connectivity index (χ3n) is 3.07. The maximum absolute atomic E-state index is 12.9. The lowest BCUT2D eigenvalue weighted by atomic mass is 10.0. The molecule has 0 unspecified atom stereocenters. The number of Topliss-reactive ketones (excluding diaryl/α,β-unsaturated/α-hetero) is 1. The highest BCUT2D eigenvalue weighted by Crippen LogP contribution is 2.11. The van der Waals surface area contributed by atoms with Crippen molar-refractivity contribution in [2.75, 3.05) is 32.7 Å². The summed E-state index contributed by atoms with van der Waals surface area (Å²) in [6.07, 6.45) is 0. The second-order valence-electron chi connectivity index (χ2n) is 4.41. The number of halogens is 1. The van der Waals surface area contributed by atoms with E-state index in [9.17, 15) is 9.18 Å². The Labute approximate surface area is 101 Å². The molecule has 3 nitrogen and oxygen atoms in total. The second-order valence-corrected chi connectivity index (χ2v) is 4.41. The van der Waals surface area contributed by atoms with Crippen molar-refractivity contribution in [3.05, 3.63) is 35.1 Å². The van der Waals surface area contributed by atoms with E-state index in [0.29, 0.717) is 17.7 Å². The van der Waals surface area contributed by atoms with Crippen molar-refractivity contribution in [2.24, 2.45) is 0 Å². The van der Waals surface area contributed by atoms with Gasteiger partial charge >= 0.3 is 0 Å². The molecule has 0 radical (unpaired) electrons. The highest BCUT2D eigenvalue weighted by molar-refractivity contribution is 5.98. The van der Waals surface area contributed by atoms with Crippen LogP contribution < -0.4 is 5.32 Å². The van der Waals surface area contributed by atoms with Crippen molar-refractivity contribution in [3.8, 4) is 0 Å². The first-order chi connectivity index (χ1) is 8.16. The largest absolute Gasteiger partial charge is 0.314 e. The average molecular weight is 236 g/mol. The first-order valence-corrected chi connectivity index (χ1v) is 5.89. The van der Waals surface area contributed by atoms with E-state index >= 15 is 0 Å². The predicted octanol–water partition coefficient (Wildman–Crippen LogP) is 1.22. The minimum atomic E-state index is -0.291. The van der Waals surface area contributed by atoms with Crippen LogP contribution in [0.3, 0.4) is 0 Å². The van der Waals surface area contributed by atoms with Crippen molar-refractivity contribution in [1.29, 1.82) is 0 Å². The van der Waals surface area contributed by atoms with Gasteiger partial charge in [0.05, 0.1) is 6.54 Å². The average Bonchev–Trinajstić information content (AvgIpc) is 2.30. The molecule has 17 heavy (non-hydrogen) atoms. The van der Waals surface area contributed by atoms with E-state index in [2.05, 4.69) is 10.2 Å². The standard InChI is InChI=1S/C13H17FN2O/c1-10-8-11(14)2-3-12(10)13(17)9-16-6-4-15-5-7-16/h2-3,8,15H,4-7,9H2,1H3. The first kappa shape index (κ1) is 12.2. The van der Waals surface area contributed by atoms with Crippen LogP contribution in [0.15, 0.2) is 18.2 Å². The molecule has 0 bridgehead atoms. The molecule has 0 amide bonds.